The Morgan fingerprint density at radius 1 is 2.00 bits per heavy atom. The van der Waals surface area contributed by atoms with E-state index in [4.69, 9.17) is 5.11 Å². The summed E-state index contributed by atoms with van der Waals surface area (Å²) in [5, 5.41) is 7.60. The maximum absolute atomic E-state index is 9.24. The summed E-state index contributed by atoms with van der Waals surface area (Å²) in [5.74, 6) is -0.968. The molecule has 0 amide bonds. The molecule has 0 bridgehead atoms. The number of rotatable bonds is 1. The fourth-order valence-electron chi connectivity index (χ4n) is 0. The van der Waals surface area contributed by atoms with Crippen LogP contribution in [0.5, 0.6) is 0 Å². The van der Waals surface area contributed by atoms with E-state index < -0.39 is 5.97 Å². The molecule has 0 rings (SSSR count). The van der Waals surface area contributed by atoms with Crippen molar-refractivity contribution in [2.45, 2.75) is 6.55 Å². The standard InChI is InChI=1S/C2H5NO2.CH5Si.Na/c3-1-2(4)5;1-2;/h1,3H2,(H,4,5);2H2,1H3;. The van der Waals surface area contributed by atoms with Crippen LogP contribution in [0.15, 0.2) is 0 Å². The number of hydrogen-bond donors (Lipinski definition) is 2. The van der Waals surface area contributed by atoms with E-state index in [1.165, 1.54) is 27.0 Å². The van der Waals surface area contributed by atoms with Crippen LogP contribution in [0.25, 0.3) is 0 Å². The van der Waals surface area contributed by atoms with Crippen molar-refractivity contribution in [2.24, 2.45) is 5.73 Å². The van der Waals surface area contributed by atoms with Gasteiger partial charge in [0, 0.05) is 0 Å². The molecule has 5 heteroatoms. The van der Waals surface area contributed by atoms with Crippen molar-refractivity contribution in [3.8, 4) is 0 Å². The Hall–Kier alpha value is 0.647. The summed E-state index contributed by atoms with van der Waals surface area (Å²) in [6, 6.07) is 0. The summed E-state index contributed by atoms with van der Waals surface area (Å²) in [5.41, 5.74) is 4.57. The second-order valence-electron chi connectivity index (χ2n) is 1.30. The molecule has 0 radical (unpaired) electrons. The van der Waals surface area contributed by atoms with Gasteiger partial charge in [0.1, 0.15) is 0 Å². The topological polar surface area (TPSA) is 63.3 Å². The van der Waals surface area contributed by atoms with Gasteiger partial charge in [0.2, 0.25) is 0 Å². The van der Waals surface area contributed by atoms with Crippen molar-refractivity contribution >= 4 is 39.1 Å². The van der Waals surface area contributed by atoms with E-state index in [1.807, 2.05) is 0 Å². The van der Waals surface area contributed by atoms with Gasteiger partial charge in [-0.1, -0.05) is 0 Å². The van der Waals surface area contributed by atoms with Gasteiger partial charge in [-0.3, -0.25) is 4.79 Å². The monoisotopic (exact) mass is 143 g/mol. The number of carboxylic acids is 1. The van der Waals surface area contributed by atoms with Crippen LogP contribution in [-0.4, -0.2) is 50.7 Å². The summed E-state index contributed by atoms with van der Waals surface area (Å²) >= 11 is 1.51. The van der Waals surface area contributed by atoms with E-state index in [-0.39, 0.29) is 6.54 Å². The average Bonchev–Trinajstić information content (AvgIpc) is 1.69. The van der Waals surface area contributed by atoms with Crippen molar-refractivity contribution in [2.75, 3.05) is 6.54 Å². The Balaban J connectivity index is 0. The van der Waals surface area contributed by atoms with Crippen LogP contribution in [-0.2, 0) is 4.79 Å². The first-order valence-electron chi connectivity index (χ1n) is 2.60. The summed E-state index contributed by atoms with van der Waals surface area (Å²) < 4.78 is 0. The van der Waals surface area contributed by atoms with E-state index in [1.54, 1.807) is 0 Å². The quantitative estimate of drug-likeness (QED) is 0.431. The first-order valence-corrected chi connectivity index (χ1v) is 9.67. The molecule has 0 spiro atoms. The van der Waals surface area contributed by atoms with Gasteiger partial charge in [-0.2, -0.15) is 0 Å². The maximum atomic E-state index is 9.24. The molecular weight excluding hydrogens is 133 g/mol. The Kier molecular flexibility index (Phi) is 15.2. The van der Waals surface area contributed by atoms with Crippen LogP contribution >= 0.6 is 0 Å². The van der Waals surface area contributed by atoms with Gasteiger partial charge in [-0.15, -0.1) is 0 Å². The van der Waals surface area contributed by atoms with Crippen molar-refractivity contribution in [1.29, 1.82) is 0 Å². The Labute approximate surface area is 67.7 Å². The second kappa shape index (κ2) is 10.6. The van der Waals surface area contributed by atoms with E-state index in [0.717, 1.165) is 0 Å². The van der Waals surface area contributed by atoms with E-state index in [0.29, 0.717) is 6.08 Å². The molecule has 0 heterocycles. The summed E-state index contributed by atoms with van der Waals surface area (Å²) in [6.45, 7) is 2.05. The first kappa shape index (κ1) is 11.4. The molecule has 44 valence electrons. The molecule has 0 saturated heterocycles. The maximum Gasteiger partial charge on any atom is 0.317 e. The van der Waals surface area contributed by atoms with Gasteiger partial charge in [-0.25, -0.2) is 0 Å². The van der Waals surface area contributed by atoms with E-state index >= 15 is 0 Å². The SMILES string of the molecule is C[SiH2][Na].NCC(=O)O. The largest absolute Gasteiger partial charge is 0.480 e. The van der Waals surface area contributed by atoms with Crippen LogP contribution in [0.2, 0.25) is 6.55 Å². The predicted molar refractivity (Wildman–Crippen MR) is 36.9 cm³/mol. The van der Waals surface area contributed by atoms with Gasteiger partial charge in [0.15, 0.2) is 0 Å². The van der Waals surface area contributed by atoms with Crippen LogP contribution in [0.4, 0.5) is 0 Å². The van der Waals surface area contributed by atoms with Gasteiger partial charge < -0.3 is 10.8 Å². The fourth-order valence-corrected chi connectivity index (χ4v) is 0. The van der Waals surface area contributed by atoms with Gasteiger partial charge >= 0.3 is 45.6 Å². The molecule has 0 saturated carbocycles. The summed E-state index contributed by atoms with van der Waals surface area (Å²) in [6.07, 6.45) is 0.556. The van der Waals surface area contributed by atoms with Crippen molar-refractivity contribution in [3.63, 3.8) is 0 Å². The normalized spacial score (nSPS) is 8.50. The minimum absolute atomic E-state index is 0.278. The van der Waals surface area contributed by atoms with Crippen LogP contribution in [0.1, 0.15) is 0 Å². The number of nitrogens with two attached hydrogens (primary N) is 1. The number of carbonyl (C=O) groups is 1. The smallest absolute Gasteiger partial charge is 0.317 e. The molecule has 0 aliphatic carbocycles. The third-order valence-electron chi connectivity index (χ3n) is 0.175. The Bertz CT molecular complexity index is 61.2. The van der Waals surface area contributed by atoms with Gasteiger partial charge in [0.05, 0.1) is 6.54 Å². The second-order valence-corrected chi connectivity index (χ2v) is 6.96. The predicted octanol–water partition coefficient (Wildman–Crippen LogP) is -1.68. The minimum Gasteiger partial charge on any atom is -0.480 e. The molecule has 8 heavy (non-hydrogen) atoms. The van der Waals surface area contributed by atoms with Crippen LogP contribution < -0.4 is 5.73 Å². The zero-order valence-electron chi connectivity index (χ0n) is 5.35. The third kappa shape index (κ3) is 30.3. The average molecular weight is 143 g/mol. The molecule has 3 nitrogen and oxygen atoms in total. The van der Waals surface area contributed by atoms with Crippen molar-refractivity contribution in [3.05, 3.63) is 0 Å². The first-order chi connectivity index (χ1) is 3.68. The molecule has 0 aliphatic rings. The molecule has 0 unspecified atom stereocenters. The Morgan fingerprint density at radius 3 is 2.12 bits per heavy atom. The number of hydrogen-bond acceptors (Lipinski definition) is 2. The van der Waals surface area contributed by atoms with E-state index in [2.05, 4.69) is 12.3 Å². The third-order valence-corrected chi connectivity index (χ3v) is 0.175. The Morgan fingerprint density at radius 2 is 2.12 bits per heavy atom. The van der Waals surface area contributed by atoms with Crippen molar-refractivity contribution < 1.29 is 9.90 Å². The minimum atomic E-state index is -0.968. The van der Waals surface area contributed by atoms with Crippen LogP contribution in [0, 0.1) is 0 Å². The van der Waals surface area contributed by atoms with Gasteiger partial charge in [-0.05, 0) is 0 Å². The van der Waals surface area contributed by atoms with E-state index in [9.17, 15) is 4.79 Å². The molecular formula is C3H10NNaO2Si. The number of carboxylic acid groups (broad SMARTS) is 1. The van der Waals surface area contributed by atoms with Gasteiger partial charge in [0.25, 0.3) is 0 Å². The molecule has 0 fully saturated rings. The van der Waals surface area contributed by atoms with Crippen molar-refractivity contribution in [1.82, 2.24) is 0 Å². The molecule has 0 atom stereocenters. The number of aliphatic carboxylic acids is 1. The molecule has 0 aromatic carbocycles. The zero-order valence-corrected chi connectivity index (χ0v) is 8.76. The zero-order chi connectivity index (χ0) is 6.99. The summed E-state index contributed by atoms with van der Waals surface area (Å²) in [4.78, 5) is 9.24. The molecule has 3 N–H and O–H groups in total. The fraction of sp³-hybridized carbons (Fsp3) is 0.667. The molecule has 0 aromatic heterocycles. The molecule has 0 aliphatic heterocycles. The molecule has 0 aromatic rings. The van der Waals surface area contributed by atoms with Crippen LogP contribution in [0.3, 0.4) is 0 Å². The summed E-state index contributed by atoms with van der Waals surface area (Å²) in [7, 11) is 0.